The highest BCUT2D eigenvalue weighted by Gasteiger charge is 2.44. The first-order chi connectivity index (χ1) is 9.99. The Labute approximate surface area is 124 Å². The van der Waals surface area contributed by atoms with Crippen molar-refractivity contribution < 1.29 is 9.53 Å². The van der Waals surface area contributed by atoms with Crippen LogP contribution in [0.2, 0.25) is 0 Å². The van der Waals surface area contributed by atoms with E-state index in [2.05, 4.69) is 29.1 Å². The van der Waals surface area contributed by atoms with Crippen molar-refractivity contribution in [2.75, 3.05) is 33.8 Å². The first-order valence-electron chi connectivity index (χ1n) is 7.44. The normalized spacial score (nSPS) is 25.0. The van der Waals surface area contributed by atoms with Crippen LogP contribution in [0, 0.1) is 0 Å². The number of carbonyl (C=O) groups is 1. The largest absolute Gasteiger partial charge is 0.373 e. The lowest BCUT2D eigenvalue weighted by Gasteiger charge is -2.38. The van der Waals surface area contributed by atoms with Crippen LogP contribution in [0.1, 0.15) is 29.9 Å². The number of aromatic nitrogens is 3. The highest BCUT2D eigenvalue weighted by Crippen LogP contribution is 2.37. The summed E-state index contributed by atoms with van der Waals surface area (Å²) < 4.78 is 7.63. The Hall–Kier alpha value is -1.47. The van der Waals surface area contributed by atoms with Crippen molar-refractivity contribution in [1.29, 1.82) is 0 Å². The molecule has 7 heteroatoms. The van der Waals surface area contributed by atoms with E-state index in [4.69, 9.17) is 4.74 Å². The van der Waals surface area contributed by atoms with Gasteiger partial charge in [-0.3, -0.25) is 9.48 Å². The van der Waals surface area contributed by atoms with Crippen molar-refractivity contribution in [2.45, 2.75) is 30.9 Å². The summed E-state index contributed by atoms with van der Waals surface area (Å²) in [6, 6.07) is 0.490. The van der Waals surface area contributed by atoms with Crippen LogP contribution >= 0.6 is 0 Å². The minimum Gasteiger partial charge on any atom is -0.373 e. The van der Waals surface area contributed by atoms with Gasteiger partial charge in [-0.2, -0.15) is 0 Å². The second kappa shape index (κ2) is 5.38. The number of aryl methyl sites for hydroxylation is 1. The van der Waals surface area contributed by atoms with Gasteiger partial charge in [-0.15, -0.1) is 5.10 Å². The van der Waals surface area contributed by atoms with E-state index in [9.17, 15) is 4.79 Å². The maximum atomic E-state index is 12.3. The molecule has 1 unspecified atom stereocenters. The molecule has 116 valence electrons. The first-order valence-corrected chi connectivity index (χ1v) is 7.44. The molecule has 0 aliphatic carbocycles. The number of likely N-dealkylation sites (tertiary alicyclic amines) is 1. The third kappa shape index (κ3) is 2.80. The van der Waals surface area contributed by atoms with Crippen LogP contribution < -0.4 is 0 Å². The zero-order chi connectivity index (χ0) is 15.0. The summed E-state index contributed by atoms with van der Waals surface area (Å²) in [5, 5.41) is 4.09. The zero-order valence-corrected chi connectivity index (χ0v) is 12.9. The van der Waals surface area contributed by atoms with Crippen molar-refractivity contribution >= 4 is 5.91 Å². The van der Waals surface area contributed by atoms with Crippen molar-refractivity contribution in [2.24, 2.45) is 7.05 Å². The minimum absolute atomic E-state index is 0.0384. The number of hydrogen-bond donors (Lipinski definition) is 0. The number of likely N-dealkylation sites (N-methyl/N-ethyl adjacent to an activating group) is 1. The summed E-state index contributed by atoms with van der Waals surface area (Å²) in [6.07, 6.45) is 4.41. The van der Waals surface area contributed by atoms with Crippen molar-refractivity contribution in [1.82, 2.24) is 24.6 Å². The van der Waals surface area contributed by atoms with Crippen LogP contribution in [0.15, 0.2) is 6.33 Å². The lowest BCUT2D eigenvalue weighted by atomic mass is 9.87. The quantitative estimate of drug-likeness (QED) is 0.776. The molecular weight excluding hydrogens is 270 g/mol. The van der Waals surface area contributed by atoms with Gasteiger partial charge in [-0.1, -0.05) is 0 Å². The predicted molar refractivity (Wildman–Crippen MR) is 76.9 cm³/mol. The molecule has 1 amide bonds. The van der Waals surface area contributed by atoms with Gasteiger partial charge in [0, 0.05) is 26.2 Å². The average Bonchev–Trinajstić information content (AvgIpc) is 3.06. The second-order valence-electron chi connectivity index (χ2n) is 6.35. The molecule has 0 N–H and O–H groups in total. The van der Waals surface area contributed by atoms with Gasteiger partial charge in [0.05, 0.1) is 12.2 Å². The van der Waals surface area contributed by atoms with Gasteiger partial charge in [-0.05, 0) is 33.4 Å². The Balaban J connectivity index is 1.59. The Kier molecular flexibility index (Phi) is 3.71. The van der Waals surface area contributed by atoms with Crippen LogP contribution in [0.25, 0.3) is 0 Å². The number of hydrogen-bond acceptors (Lipinski definition) is 5. The molecule has 2 aliphatic rings. The minimum atomic E-state index is -0.0763. The molecule has 3 heterocycles. The number of carbonyl (C=O) groups excluding carboxylic acids is 1. The van der Waals surface area contributed by atoms with Crippen molar-refractivity contribution in [3.05, 3.63) is 12.2 Å². The van der Waals surface area contributed by atoms with Gasteiger partial charge >= 0.3 is 0 Å². The molecule has 0 saturated carbocycles. The third-order valence-electron chi connectivity index (χ3n) is 4.67. The molecule has 0 radical (unpaired) electrons. The number of nitrogens with zero attached hydrogens (tertiary/aromatic N) is 5. The summed E-state index contributed by atoms with van der Waals surface area (Å²) in [4.78, 5) is 20.4. The van der Waals surface area contributed by atoms with E-state index in [1.54, 1.807) is 18.1 Å². The highest BCUT2D eigenvalue weighted by molar-refractivity contribution is 5.90. The zero-order valence-electron chi connectivity index (χ0n) is 12.9. The van der Waals surface area contributed by atoms with E-state index in [0.717, 1.165) is 39.0 Å². The van der Waals surface area contributed by atoms with Crippen LogP contribution in [-0.4, -0.2) is 75.9 Å². The van der Waals surface area contributed by atoms with Crippen LogP contribution in [0.3, 0.4) is 0 Å². The van der Waals surface area contributed by atoms with Crippen LogP contribution in [0.5, 0.6) is 0 Å². The lowest BCUT2D eigenvalue weighted by molar-refractivity contribution is -0.0393. The predicted octanol–water partition coefficient (Wildman–Crippen LogP) is 0.140. The number of piperidine rings is 1. The van der Waals surface area contributed by atoms with Crippen LogP contribution in [0.4, 0.5) is 0 Å². The Morgan fingerprint density at radius 3 is 2.67 bits per heavy atom. The number of ether oxygens (including phenoxy) is 1. The molecule has 7 nitrogen and oxygen atoms in total. The average molecular weight is 293 g/mol. The summed E-state index contributed by atoms with van der Waals surface area (Å²) in [5.41, 5.74) is -0.0384. The maximum Gasteiger partial charge on any atom is 0.293 e. The lowest BCUT2D eigenvalue weighted by Crippen LogP contribution is -2.47. The number of rotatable bonds is 2. The van der Waals surface area contributed by atoms with Gasteiger partial charge in [0.2, 0.25) is 5.82 Å². The molecule has 1 aromatic rings. The molecule has 1 spiro atoms. The van der Waals surface area contributed by atoms with Gasteiger partial charge < -0.3 is 14.5 Å². The molecule has 1 atom stereocenters. The van der Waals surface area contributed by atoms with Crippen molar-refractivity contribution in [3.63, 3.8) is 0 Å². The summed E-state index contributed by atoms with van der Waals surface area (Å²) in [6.45, 7) is 2.23. The van der Waals surface area contributed by atoms with Gasteiger partial charge in [-0.25, -0.2) is 4.98 Å². The number of amides is 1. The van der Waals surface area contributed by atoms with Crippen LogP contribution in [-0.2, 0) is 11.8 Å². The van der Waals surface area contributed by atoms with E-state index in [1.165, 1.54) is 0 Å². The summed E-state index contributed by atoms with van der Waals surface area (Å²) in [7, 11) is 5.96. The molecule has 3 rings (SSSR count). The Morgan fingerprint density at radius 2 is 2.14 bits per heavy atom. The summed E-state index contributed by atoms with van der Waals surface area (Å²) >= 11 is 0. The molecular formula is C14H23N5O2. The standard InChI is InChI=1S/C14H23N5O2/c1-17(2)11-8-14(21-9-11)4-6-19(7-5-14)13(20)12-15-10-18(3)16-12/h10-11H,4-9H2,1-3H3. The van der Waals surface area contributed by atoms with Crippen molar-refractivity contribution in [3.8, 4) is 0 Å². The fraction of sp³-hybridized carbons (Fsp3) is 0.786. The molecule has 0 aromatic carbocycles. The van der Waals surface area contributed by atoms with E-state index in [0.29, 0.717) is 6.04 Å². The highest BCUT2D eigenvalue weighted by atomic mass is 16.5. The van der Waals surface area contributed by atoms with Gasteiger partial charge in [0.15, 0.2) is 0 Å². The topological polar surface area (TPSA) is 63.5 Å². The summed E-state index contributed by atoms with van der Waals surface area (Å²) in [5.74, 6) is 0.208. The molecule has 0 bridgehead atoms. The van der Waals surface area contributed by atoms with E-state index in [1.807, 2.05) is 4.90 Å². The molecule has 2 aliphatic heterocycles. The maximum absolute atomic E-state index is 12.3. The fourth-order valence-electron chi connectivity index (χ4n) is 3.20. The van der Waals surface area contributed by atoms with E-state index < -0.39 is 0 Å². The third-order valence-corrected chi connectivity index (χ3v) is 4.67. The molecule has 2 fully saturated rings. The van der Waals surface area contributed by atoms with Gasteiger partial charge in [0.25, 0.3) is 5.91 Å². The Morgan fingerprint density at radius 1 is 1.43 bits per heavy atom. The Bertz CT molecular complexity index is 519. The smallest absolute Gasteiger partial charge is 0.293 e. The molecule has 1 aromatic heterocycles. The molecule has 2 saturated heterocycles. The molecule has 21 heavy (non-hydrogen) atoms. The SMILES string of the molecule is CN(C)C1COC2(CCN(C(=O)c3ncn(C)n3)CC2)C1. The fourth-order valence-corrected chi connectivity index (χ4v) is 3.20. The van der Waals surface area contributed by atoms with E-state index in [-0.39, 0.29) is 17.3 Å². The second-order valence-corrected chi connectivity index (χ2v) is 6.35. The monoisotopic (exact) mass is 293 g/mol. The van der Waals surface area contributed by atoms with E-state index >= 15 is 0 Å². The van der Waals surface area contributed by atoms with Gasteiger partial charge in [0.1, 0.15) is 6.33 Å². The first kappa shape index (κ1) is 14.5.